The highest BCUT2D eigenvalue weighted by Crippen LogP contribution is 2.31. The summed E-state index contributed by atoms with van der Waals surface area (Å²) in [5, 5.41) is 8.35. The van der Waals surface area contributed by atoms with E-state index in [1.54, 1.807) is 6.20 Å². The Morgan fingerprint density at radius 3 is 2.88 bits per heavy atom. The summed E-state index contributed by atoms with van der Waals surface area (Å²) in [6.45, 7) is 1.91. The molecule has 25 heavy (non-hydrogen) atoms. The van der Waals surface area contributed by atoms with Gasteiger partial charge < -0.3 is 9.73 Å². The first-order valence-electron chi connectivity index (χ1n) is 8.67. The van der Waals surface area contributed by atoms with Gasteiger partial charge in [0.1, 0.15) is 11.4 Å². The van der Waals surface area contributed by atoms with Gasteiger partial charge in [0, 0.05) is 21.5 Å². The third-order valence-corrected chi connectivity index (χ3v) is 5.43. The highest BCUT2D eigenvalue weighted by atomic mass is 79.9. The van der Waals surface area contributed by atoms with E-state index in [4.69, 9.17) is 4.42 Å². The van der Waals surface area contributed by atoms with E-state index in [1.807, 2.05) is 35.9 Å². The van der Waals surface area contributed by atoms with Crippen LogP contribution in [0.5, 0.6) is 0 Å². The second-order valence-corrected chi connectivity index (χ2v) is 7.52. The highest BCUT2D eigenvalue weighted by molar-refractivity contribution is 9.10. The molecule has 1 saturated carbocycles. The number of aryl methyl sites for hydroxylation is 1. The zero-order valence-electron chi connectivity index (χ0n) is 14.1. The summed E-state index contributed by atoms with van der Waals surface area (Å²) in [7, 11) is 0. The molecule has 1 N–H and O–H groups in total. The SMILES string of the molecule is Cc1c(C(=O)Nc2ccnn2C2CCCCC2)oc2ccc(Br)cc12. The first kappa shape index (κ1) is 16.4. The Bertz CT molecular complexity index is 922. The van der Waals surface area contributed by atoms with Crippen LogP contribution in [0, 0.1) is 6.92 Å². The molecule has 2 aromatic heterocycles. The lowest BCUT2D eigenvalue weighted by molar-refractivity contribution is 0.0996. The quantitative estimate of drug-likeness (QED) is 0.633. The van der Waals surface area contributed by atoms with Gasteiger partial charge in [0.25, 0.3) is 5.91 Å². The molecule has 1 fully saturated rings. The molecule has 0 atom stereocenters. The number of amides is 1. The lowest BCUT2D eigenvalue weighted by Gasteiger charge is -2.23. The molecule has 0 spiro atoms. The van der Waals surface area contributed by atoms with Gasteiger partial charge in [-0.15, -0.1) is 0 Å². The number of rotatable bonds is 3. The summed E-state index contributed by atoms with van der Waals surface area (Å²) in [6, 6.07) is 7.96. The number of anilines is 1. The summed E-state index contributed by atoms with van der Waals surface area (Å²) in [5.74, 6) is 0.852. The second-order valence-electron chi connectivity index (χ2n) is 6.60. The molecular formula is C19H20BrN3O2. The third kappa shape index (κ3) is 3.11. The van der Waals surface area contributed by atoms with Gasteiger partial charge in [-0.2, -0.15) is 5.10 Å². The number of halogens is 1. The molecular weight excluding hydrogens is 382 g/mol. The van der Waals surface area contributed by atoms with Gasteiger partial charge in [0.2, 0.25) is 0 Å². The van der Waals surface area contributed by atoms with Gasteiger partial charge in [-0.05, 0) is 38.0 Å². The van der Waals surface area contributed by atoms with Gasteiger partial charge in [-0.25, -0.2) is 4.68 Å². The Labute approximate surface area is 154 Å². The number of nitrogens with zero attached hydrogens (tertiary/aromatic N) is 2. The fourth-order valence-electron chi connectivity index (χ4n) is 3.61. The number of carbonyl (C=O) groups is 1. The Balaban J connectivity index is 1.61. The number of hydrogen-bond donors (Lipinski definition) is 1. The number of furan rings is 1. The lowest BCUT2D eigenvalue weighted by atomic mass is 9.96. The maximum Gasteiger partial charge on any atom is 0.292 e. The van der Waals surface area contributed by atoms with Crippen LogP contribution in [-0.2, 0) is 0 Å². The fraction of sp³-hybridized carbons (Fsp3) is 0.368. The fourth-order valence-corrected chi connectivity index (χ4v) is 3.97. The average molecular weight is 402 g/mol. The monoisotopic (exact) mass is 401 g/mol. The number of nitrogens with one attached hydrogen (secondary N) is 1. The zero-order chi connectivity index (χ0) is 17.4. The first-order chi connectivity index (χ1) is 12.1. The van der Waals surface area contributed by atoms with Crippen LogP contribution >= 0.6 is 15.9 Å². The van der Waals surface area contributed by atoms with Gasteiger partial charge >= 0.3 is 0 Å². The zero-order valence-corrected chi connectivity index (χ0v) is 15.7. The van der Waals surface area contributed by atoms with Crippen molar-refractivity contribution in [3.63, 3.8) is 0 Å². The predicted octanol–water partition coefficient (Wildman–Crippen LogP) is 5.46. The summed E-state index contributed by atoms with van der Waals surface area (Å²) in [6.07, 6.45) is 7.69. The largest absolute Gasteiger partial charge is 0.451 e. The molecule has 1 aliphatic rings. The molecule has 1 aliphatic carbocycles. The molecule has 2 heterocycles. The lowest BCUT2D eigenvalue weighted by Crippen LogP contribution is -2.20. The van der Waals surface area contributed by atoms with Gasteiger partial charge in [0.05, 0.1) is 12.2 Å². The van der Waals surface area contributed by atoms with Crippen molar-refractivity contribution >= 4 is 38.6 Å². The molecule has 6 heteroatoms. The highest BCUT2D eigenvalue weighted by Gasteiger charge is 2.22. The van der Waals surface area contributed by atoms with Crippen LogP contribution in [0.4, 0.5) is 5.82 Å². The minimum Gasteiger partial charge on any atom is -0.451 e. The minimum atomic E-state index is -0.234. The smallest absolute Gasteiger partial charge is 0.292 e. The van der Waals surface area contributed by atoms with Crippen molar-refractivity contribution in [1.29, 1.82) is 0 Å². The van der Waals surface area contributed by atoms with E-state index in [1.165, 1.54) is 19.3 Å². The Hall–Kier alpha value is -2.08. The van der Waals surface area contributed by atoms with Gasteiger partial charge in [0.15, 0.2) is 5.76 Å². The van der Waals surface area contributed by atoms with Crippen molar-refractivity contribution in [2.24, 2.45) is 0 Å². The number of hydrogen-bond acceptors (Lipinski definition) is 3. The molecule has 1 amide bonds. The number of carbonyl (C=O) groups excluding carboxylic acids is 1. The Morgan fingerprint density at radius 1 is 1.28 bits per heavy atom. The number of fused-ring (bicyclic) bond motifs is 1. The van der Waals surface area contributed by atoms with Crippen LogP contribution in [0.3, 0.4) is 0 Å². The van der Waals surface area contributed by atoms with E-state index in [2.05, 4.69) is 26.3 Å². The number of aromatic nitrogens is 2. The van der Waals surface area contributed by atoms with Gasteiger partial charge in [-0.3, -0.25) is 4.79 Å². The molecule has 1 aromatic carbocycles. The Kier molecular flexibility index (Phi) is 4.37. The second kappa shape index (κ2) is 6.67. The molecule has 5 nitrogen and oxygen atoms in total. The molecule has 130 valence electrons. The number of benzene rings is 1. The summed E-state index contributed by atoms with van der Waals surface area (Å²) in [5.41, 5.74) is 1.56. The standard InChI is InChI=1S/C19H20BrN3O2/c1-12-15-11-13(20)7-8-16(15)25-18(12)19(24)22-17-9-10-21-23(17)14-5-3-2-4-6-14/h7-11,14H,2-6H2,1H3,(H,22,24). The molecule has 0 unspecified atom stereocenters. The van der Waals surface area contributed by atoms with Gasteiger partial charge in [-0.1, -0.05) is 35.2 Å². The molecule has 4 rings (SSSR count). The van der Waals surface area contributed by atoms with E-state index >= 15 is 0 Å². The van der Waals surface area contributed by atoms with Crippen molar-refractivity contribution in [2.75, 3.05) is 5.32 Å². The van der Waals surface area contributed by atoms with E-state index in [-0.39, 0.29) is 5.91 Å². The molecule has 0 bridgehead atoms. The first-order valence-corrected chi connectivity index (χ1v) is 9.46. The van der Waals surface area contributed by atoms with Crippen molar-refractivity contribution in [3.8, 4) is 0 Å². The average Bonchev–Trinajstić information content (AvgIpc) is 3.21. The van der Waals surface area contributed by atoms with Crippen molar-refractivity contribution in [3.05, 3.63) is 46.3 Å². The van der Waals surface area contributed by atoms with Crippen molar-refractivity contribution in [1.82, 2.24) is 9.78 Å². The van der Waals surface area contributed by atoms with Crippen LogP contribution in [0.15, 0.2) is 39.4 Å². The summed E-state index contributed by atoms with van der Waals surface area (Å²) >= 11 is 3.46. The van der Waals surface area contributed by atoms with Crippen LogP contribution < -0.4 is 5.32 Å². The van der Waals surface area contributed by atoms with Crippen LogP contribution in [0.25, 0.3) is 11.0 Å². The van der Waals surface area contributed by atoms with Crippen LogP contribution in [-0.4, -0.2) is 15.7 Å². The minimum absolute atomic E-state index is 0.234. The normalized spacial score (nSPS) is 15.6. The third-order valence-electron chi connectivity index (χ3n) is 4.94. The van der Waals surface area contributed by atoms with Crippen molar-refractivity contribution in [2.45, 2.75) is 45.1 Å². The van der Waals surface area contributed by atoms with Crippen LogP contribution in [0.2, 0.25) is 0 Å². The topological polar surface area (TPSA) is 60.1 Å². The molecule has 0 radical (unpaired) electrons. The van der Waals surface area contributed by atoms with E-state index in [9.17, 15) is 4.79 Å². The maximum atomic E-state index is 12.8. The maximum absolute atomic E-state index is 12.8. The van der Waals surface area contributed by atoms with Crippen LogP contribution in [0.1, 0.15) is 54.3 Å². The van der Waals surface area contributed by atoms with Crippen molar-refractivity contribution < 1.29 is 9.21 Å². The van der Waals surface area contributed by atoms with E-state index in [0.717, 1.165) is 34.1 Å². The van der Waals surface area contributed by atoms with E-state index in [0.29, 0.717) is 17.4 Å². The molecule has 3 aromatic rings. The molecule has 0 saturated heterocycles. The molecule has 0 aliphatic heterocycles. The van der Waals surface area contributed by atoms with E-state index < -0.39 is 0 Å². The predicted molar refractivity (Wildman–Crippen MR) is 101 cm³/mol. The summed E-state index contributed by atoms with van der Waals surface area (Å²) < 4.78 is 8.70. The Morgan fingerprint density at radius 2 is 2.08 bits per heavy atom. The summed E-state index contributed by atoms with van der Waals surface area (Å²) in [4.78, 5) is 12.8.